The molecule has 6 nitrogen and oxygen atoms in total. The van der Waals surface area contributed by atoms with Crippen molar-refractivity contribution in [2.24, 2.45) is 7.05 Å². The van der Waals surface area contributed by atoms with E-state index < -0.39 is 15.5 Å². The molecule has 29 heavy (non-hydrogen) atoms. The highest BCUT2D eigenvalue weighted by Crippen LogP contribution is 2.32. The number of aryl methyl sites for hydroxylation is 2. The quantitative estimate of drug-likeness (QED) is 0.583. The number of carbonyl (C=O) groups excluding carboxylic acids is 1. The van der Waals surface area contributed by atoms with Crippen LogP contribution in [0.5, 0.6) is 0 Å². The average Bonchev–Trinajstić information content (AvgIpc) is 2.68. The molecule has 1 atom stereocenters. The van der Waals surface area contributed by atoms with E-state index in [0.29, 0.717) is 5.56 Å². The van der Waals surface area contributed by atoms with Gasteiger partial charge >= 0.3 is 5.69 Å². The van der Waals surface area contributed by atoms with E-state index in [1.807, 2.05) is 31.2 Å². The van der Waals surface area contributed by atoms with Crippen LogP contribution in [0.3, 0.4) is 0 Å². The molecular weight excluding hydrogens is 388 g/mol. The molecule has 0 N–H and O–H groups in total. The average molecular weight is 410 g/mol. The maximum atomic E-state index is 13.0. The van der Waals surface area contributed by atoms with Gasteiger partial charge in [-0.05, 0) is 35.7 Å². The summed E-state index contributed by atoms with van der Waals surface area (Å²) in [5.41, 5.74) is 2.81. The Morgan fingerprint density at radius 2 is 1.76 bits per heavy atom. The van der Waals surface area contributed by atoms with Crippen LogP contribution in [0.2, 0.25) is 0 Å². The minimum absolute atomic E-state index is 0.145. The van der Waals surface area contributed by atoms with Crippen molar-refractivity contribution in [1.82, 2.24) is 9.55 Å². The molecule has 0 aliphatic carbocycles. The van der Waals surface area contributed by atoms with Gasteiger partial charge in [0.05, 0.1) is 10.5 Å². The molecule has 0 aliphatic rings. The monoisotopic (exact) mass is 410 g/mol. The Labute approximate surface area is 169 Å². The van der Waals surface area contributed by atoms with Crippen LogP contribution < -0.4 is 5.69 Å². The molecule has 0 radical (unpaired) electrons. The zero-order valence-corrected chi connectivity index (χ0v) is 17.3. The van der Waals surface area contributed by atoms with Crippen molar-refractivity contribution in [2.75, 3.05) is 6.26 Å². The third-order valence-corrected chi connectivity index (χ3v) is 6.06. The number of sulfone groups is 1. The van der Waals surface area contributed by atoms with Gasteiger partial charge in [0.1, 0.15) is 0 Å². The summed E-state index contributed by atoms with van der Waals surface area (Å²) in [6.45, 7) is 1.98. The summed E-state index contributed by atoms with van der Waals surface area (Å²) in [5, 5.41) is 0. The number of benzene rings is 2. The lowest BCUT2D eigenvalue weighted by Gasteiger charge is -2.20. The van der Waals surface area contributed by atoms with Gasteiger partial charge in [-0.2, -0.15) is 0 Å². The first-order chi connectivity index (χ1) is 13.7. The van der Waals surface area contributed by atoms with Gasteiger partial charge in [0.2, 0.25) is 0 Å². The number of hydrogen-bond acceptors (Lipinski definition) is 5. The molecule has 1 heterocycles. The number of Topliss-reactive ketones (excluding diaryl/α,β-unsaturated/α-hetero) is 1. The lowest BCUT2D eigenvalue weighted by atomic mass is 9.84. The van der Waals surface area contributed by atoms with Crippen LogP contribution in [0.1, 0.15) is 39.4 Å². The Hall–Kier alpha value is -3.06. The standard InChI is InChI=1S/C22H22N2O4S/c1-15-6-4-5-7-19(15)20(16-8-10-18(11-9-16)29(3,27)28)12-21(25)17-13-23-22(26)24(2)14-17/h4-11,13-14,20H,12H2,1-3H3/t20-/m0/s1. The van der Waals surface area contributed by atoms with E-state index in [9.17, 15) is 18.0 Å². The molecule has 0 fully saturated rings. The summed E-state index contributed by atoms with van der Waals surface area (Å²) >= 11 is 0. The molecule has 0 bridgehead atoms. The van der Waals surface area contributed by atoms with Gasteiger partial charge in [0.15, 0.2) is 15.6 Å². The third kappa shape index (κ3) is 4.68. The second kappa shape index (κ2) is 8.13. The minimum atomic E-state index is -3.30. The van der Waals surface area contributed by atoms with Gasteiger partial charge in [0.25, 0.3) is 0 Å². The maximum absolute atomic E-state index is 13.0. The molecule has 0 unspecified atom stereocenters. The van der Waals surface area contributed by atoms with Crippen LogP contribution in [0.25, 0.3) is 0 Å². The van der Waals surface area contributed by atoms with E-state index in [1.54, 1.807) is 31.3 Å². The summed E-state index contributed by atoms with van der Waals surface area (Å²) < 4.78 is 24.8. The van der Waals surface area contributed by atoms with Crippen molar-refractivity contribution in [3.8, 4) is 0 Å². The zero-order chi connectivity index (χ0) is 21.2. The molecule has 0 amide bonds. The minimum Gasteiger partial charge on any atom is -0.302 e. The van der Waals surface area contributed by atoms with E-state index in [1.165, 1.54) is 17.0 Å². The molecule has 3 rings (SSSR count). The zero-order valence-electron chi connectivity index (χ0n) is 16.5. The Morgan fingerprint density at radius 3 is 2.34 bits per heavy atom. The van der Waals surface area contributed by atoms with E-state index >= 15 is 0 Å². The van der Waals surface area contributed by atoms with Gasteiger partial charge < -0.3 is 4.57 Å². The molecule has 0 saturated carbocycles. The summed E-state index contributed by atoms with van der Waals surface area (Å²) in [6, 6.07) is 14.4. The van der Waals surface area contributed by atoms with Gasteiger partial charge in [-0.3, -0.25) is 4.79 Å². The largest absolute Gasteiger partial charge is 0.347 e. The van der Waals surface area contributed by atoms with Crippen molar-refractivity contribution >= 4 is 15.6 Å². The maximum Gasteiger partial charge on any atom is 0.347 e. The molecule has 0 saturated heterocycles. The van der Waals surface area contributed by atoms with E-state index in [0.717, 1.165) is 22.9 Å². The number of aromatic nitrogens is 2. The van der Waals surface area contributed by atoms with Crippen LogP contribution in [0.15, 0.2) is 70.6 Å². The highest BCUT2D eigenvalue weighted by Gasteiger charge is 2.22. The predicted molar refractivity (Wildman–Crippen MR) is 111 cm³/mol. The molecule has 2 aromatic carbocycles. The summed E-state index contributed by atoms with van der Waals surface area (Å²) in [6.07, 6.45) is 4.12. The van der Waals surface area contributed by atoms with Crippen molar-refractivity contribution in [2.45, 2.75) is 24.2 Å². The van der Waals surface area contributed by atoms with Crippen LogP contribution >= 0.6 is 0 Å². The van der Waals surface area contributed by atoms with Crippen LogP contribution in [-0.4, -0.2) is 30.0 Å². The topological polar surface area (TPSA) is 86.1 Å². The molecule has 1 aromatic heterocycles. The van der Waals surface area contributed by atoms with Crippen molar-refractivity contribution < 1.29 is 13.2 Å². The lowest BCUT2D eigenvalue weighted by Crippen LogP contribution is -2.21. The van der Waals surface area contributed by atoms with Crippen LogP contribution in [0, 0.1) is 6.92 Å². The Morgan fingerprint density at radius 1 is 1.10 bits per heavy atom. The van der Waals surface area contributed by atoms with E-state index in [4.69, 9.17) is 0 Å². The SMILES string of the molecule is Cc1ccccc1[C@@H](CC(=O)c1cnc(=O)n(C)c1)c1ccc(S(C)(=O)=O)cc1. The Balaban J connectivity index is 2.02. The fourth-order valence-electron chi connectivity index (χ4n) is 3.29. The lowest BCUT2D eigenvalue weighted by molar-refractivity contribution is 0.0976. The first kappa shape index (κ1) is 20.7. The number of nitrogens with zero attached hydrogens (tertiary/aromatic N) is 2. The van der Waals surface area contributed by atoms with Gasteiger partial charge in [-0.1, -0.05) is 36.4 Å². The molecule has 150 valence electrons. The second-order valence-electron chi connectivity index (χ2n) is 7.11. The van der Waals surface area contributed by atoms with Gasteiger partial charge in [0, 0.05) is 38.0 Å². The van der Waals surface area contributed by atoms with Crippen molar-refractivity contribution in [3.05, 3.63) is 93.7 Å². The molecule has 0 spiro atoms. The van der Waals surface area contributed by atoms with Crippen molar-refractivity contribution in [1.29, 1.82) is 0 Å². The number of rotatable bonds is 6. The van der Waals surface area contributed by atoms with Gasteiger partial charge in [-0.25, -0.2) is 18.2 Å². The molecule has 7 heteroatoms. The Kier molecular flexibility index (Phi) is 5.79. The summed E-state index contributed by atoms with van der Waals surface area (Å²) in [7, 11) is -1.75. The summed E-state index contributed by atoms with van der Waals surface area (Å²) in [5.74, 6) is -0.400. The number of hydrogen-bond donors (Lipinski definition) is 0. The third-order valence-electron chi connectivity index (χ3n) is 4.93. The predicted octanol–water partition coefficient (Wildman–Crippen LogP) is 2.90. The molecule has 0 aliphatic heterocycles. The second-order valence-corrected chi connectivity index (χ2v) is 9.13. The fourth-order valence-corrected chi connectivity index (χ4v) is 3.92. The highest BCUT2D eigenvalue weighted by molar-refractivity contribution is 7.90. The van der Waals surface area contributed by atoms with Crippen molar-refractivity contribution in [3.63, 3.8) is 0 Å². The Bertz CT molecular complexity index is 1210. The molecular formula is C22H22N2O4S. The number of ketones is 1. The normalized spacial score (nSPS) is 12.5. The van der Waals surface area contributed by atoms with Crippen LogP contribution in [-0.2, 0) is 16.9 Å². The van der Waals surface area contributed by atoms with E-state index in [2.05, 4.69) is 4.98 Å². The first-order valence-corrected chi connectivity index (χ1v) is 11.0. The first-order valence-electron chi connectivity index (χ1n) is 9.08. The van der Waals surface area contributed by atoms with Crippen LogP contribution in [0.4, 0.5) is 0 Å². The molecule has 3 aromatic rings. The van der Waals surface area contributed by atoms with E-state index in [-0.39, 0.29) is 23.0 Å². The fraction of sp³-hybridized carbons (Fsp3) is 0.227. The van der Waals surface area contributed by atoms with Gasteiger partial charge in [-0.15, -0.1) is 0 Å². The summed E-state index contributed by atoms with van der Waals surface area (Å²) in [4.78, 5) is 28.4. The highest BCUT2D eigenvalue weighted by atomic mass is 32.2. The smallest absolute Gasteiger partial charge is 0.302 e. The number of carbonyl (C=O) groups is 1.